The number of hydrogen-bond donors (Lipinski definition) is 1. The number of esters is 1. The molecule has 0 radical (unpaired) electrons. The van der Waals surface area contributed by atoms with E-state index in [1.807, 2.05) is 4.90 Å². The third-order valence-electron chi connectivity index (χ3n) is 6.91. The molecule has 4 fully saturated rings. The highest BCUT2D eigenvalue weighted by molar-refractivity contribution is 6.08. The van der Waals surface area contributed by atoms with Gasteiger partial charge in [-0.25, -0.2) is 4.79 Å². The summed E-state index contributed by atoms with van der Waals surface area (Å²) in [6.07, 6.45) is 9.71. The summed E-state index contributed by atoms with van der Waals surface area (Å²) in [5.74, 6) is -0.673. The summed E-state index contributed by atoms with van der Waals surface area (Å²) in [7, 11) is 0. The van der Waals surface area contributed by atoms with E-state index in [1.165, 1.54) is 19.3 Å². The molecule has 0 aromatic carbocycles. The number of piperidine rings is 1. The number of rotatable bonds is 4. The first kappa shape index (κ1) is 19.2. The average molecular weight is 391 g/mol. The highest BCUT2D eigenvalue weighted by Gasteiger charge is 2.52. The van der Waals surface area contributed by atoms with Gasteiger partial charge in [0.15, 0.2) is 6.61 Å². The van der Waals surface area contributed by atoms with Gasteiger partial charge in [-0.15, -0.1) is 0 Å². The lowest BCUT2D eigenvalue weighted by Gasteiger charge is -2.44. The van der Waals surface area contributed by atoms with Crippen LogP contribution < -0.4 is 5.32 Å². The number of fused-ring (bicyclic) bond motifs is 1. The summed E-state index contributed by atoms with van der Waals surface area (Å²) in [5.41, 5.74) is -0.836. The molecular formula is C20H29N3O5. The number of carbonyl (C=O) groups excluding carboxylic acids is 4. The Bertz CT molecular complexity index is 671. The molecule has 4 amide bonds. The largest absolute Gasteiger partial charge is 0.454 e. The summed E-state index contributed by atoms with van der Waals surface area (Å²) in [5, 5.41) is 2.74. The van der Waals surface area contributed by atoms with Crippen molar-refractivity contribution < 1.29 is 23.9 Å². The molecule has 4 rings (SSSR count). The summed E-state index contributed by atoms with van der Waals surface area (Å²) < 4.78 is 5.14. The number of urea groups is 1. The lowest BCUT2D eigenvalue weighted by molar-refractivity contribution is -0.156. The number of amides is 4. The van der Waals surface area contributed by atoms with Crippen LogP contribution in [0, 0.1) is 5.92 Å². The molecule has 0 aromatic rings. The van der Waals surface area contributed by atoms with Crippen LogP contribution >= 0.6 is 0 Å². The number of nitrogens with one attached hydrogen (secondary N) is 1. The van der Waals surface area contributed by atoms with Crippen LogP contribution in [0.5, 0.6) is 0 Å². The zero-order chi connectivity index (χ0) is 19.7. The van der Waals surface area contributed by atoms with Crippen LogP contribution in [0.25, 0.3) is 0 Å². The fourth-order valence-corrected chi connectivity index (χ4v) is 5.47. The zero-order valence-electron chi connectivity index (χ0n) is 16.3. The van der Waals surface area contributed by atoms with Gasteiger partial charge in [0, 0.05) is 12.6 Å². The standard InChI is InChI=1S/C20H29N3O5/c24-16(22-11-5-7-14-6-1-2-8-15(14)22)13-28-17(25)12-23-18(26)20(21-19(23)27)9-3-4-10-20/h14-15H,1-13H2,(H,21,27)/t14-,15-/m1/s1. The van der Waals surface area contributed by atoms with Gasteiger partial charge in [0.1, 0.15) is 12.1 Å². The molecule has 2 aliphatic carbocycles. The van der Waals surface area contributed by atoms with Crippen molar-refractivity contribution in [2.75, 3.05) is 19.7 Å². The molecule has 8 nitrogen and oxygen atoms in total. The summed E-state index contributed by atoms with van der Waals surface area (Å²) >= 11 is 0. The number of imide groups is 1. The fraction of sp³-hybridized carbons (Fsp3) is 0.800. The second-order valence-corrected chi connectivity index (χ2v) is 8.61. The van der Waals surface area contributed by atoms with E-state index in [0.29, 0.717) is 25.3 Å². The highest BCUT2D eigenvalue weighted by atomic mass is 16.5. The number of carbonyl (C=O) groups is 4. The second kappa shape index (κ2) is 7.72. The molecule has 2 saturated carbocycles. The molecular weight excluding hydrogens is 362 g/mol. The molecule has 2 saturated heterocycles. The van der Waals surface area contributed by atoms with E-state index in [1.54, 1.807) is 0 Å². The number of likely N-dealkylation sites (tertiary alicyclic amines) is 1. The number of nitrogens with zero attached hydrogens (tertiary/aromatic N) is 2. The van der Waals surface area contributed by atoms with Crippen molar-refractivity contribution in [2.45, 2.75) is 75.8 Å². The van der Waals surface area contributed by atoms with Gasteiger partial charge in [-0.05, 0) is 44.4 Å². The lowest BCUT2D eigenvalue weighted by atomic mass is 9.78. The van der Waals surface area contributed by atoms with Crippen LogP contribution in [0.4, 0.5) is 4.79 Å². The average Bonchev–Trinajstić information content (AvgIpc) is 3.26. The molecule has 28 heavy (non-hydrogen) atoms. The maximum Gasteiger partial charge on any atom is 0.326 e. The minimum absolute atomic E-state index is 0.172. The first-order chi connectivity index (χ1) is 13.5. The first-order valence-corrected chi connectivity index (χ1v) is 10.6. The molecule has 4 aliphatic rings. The summed E-state index contributed by atoms with van der Waals surface area (Å²) in [4.78, 5) is 52.3. The van der Waals surface area contributed by atoms with Gasteiger partial charge in [-0.1, -0.05) is 25.7 Å². The van der Waals surface area contributed by atoms with Crippen molar-refractivity contribution in [1.29, 1.82) is 0 Å². The third kappa shape index (κ3) is 3.49. The van der Waals surface area contributed by atoms with Gasteiger partial charge in [0.25, 0.3) is 11.8 Å². The Morgan fingerprint density at radius 1 is 1.04 bits per heavy atom. The maximum absolute atomic E-state index is 12.6. The molecule has 0 aromatic heterocycles. The van der Waals surface area contributed by atoms with Crippen LogP contribution in [0.3, 0.4) is 0 Å². The molecule has 0 unspecified atom stereocenters. The molecule has 154 valence electrons. The zero-order valence-corrected chi connectivity index (χ0v) is 16.3. The maximum atomic E-state index is 12.6. The molecule has 8 heteroatoms. The monoisotopic (exact) mass is 391 g/mol. The van der Waals surface area contributed by atoms with E-state index in [-0.39, 0.29) is 24.5 Å². The Balaban J connectivity index is 1.29. The Kier molecular flexibility index (Phi) is 5.29. The van der Waals surface area contributed by atoms with E-state index in [9.17, 15) is 19.2 Å². The van der Waals surface area contributed by atoms with Crippen molar-refractivity contribution >= 4 is 23.8 Å². The van der Waals surface area contributed by atoms with E-state index >= 15 is 0 Å². The SMILES string of the molecule is O=C(CN1C(=O)NC2(CCCC2)C1=O)OCC(=O)N1CCC[C@H]2CCCC[C@H]21. The second-order valence-electron chi connectivity index (χ2n) is 8.61. The van der Waals surface area contributed by atoms with Crippen molar-refractivity contribution in [3.8, 4) is 0 Å². The van der Waals surface area contributed by atoms with Gasteiger partial charge in [-0.2, -0.15) is 0 Å². The van der Waals surface area contributed by atoms with Crippen LogP contribution in [0.2, 0.25) is 0 Å². The first-order valence-electron chi connectivity index (χ1n) is 10.6. The molecule has 2 atom stereocenters. The minimum Gasteiger partial charge on any atom is -0.454 e. The Morgan fingerprint density at radius 2 is 1.75 bits per heavy atom. The Morgan fingerprint density at radius 3 is 2.54 bits per heavy atom. The third-order valence-corrected chi connectivity index (χ3v) is 6.91. The molecule has 2 aliphatic heterocycles. The van der Waals surface area contributed by atoms with Gasteiger partial charge in [0.05, 0.1) is 0 Å². The van der Waals surface area contributed by atoms with Gasteiger partial charge in [0.2, 0.25) is 0 Å². The molecule has 1 spiro atoms. The summed E-state index contributed by atoms with van der Waals surface area (Å²) in [6.45, 7) is -0.0459. The van der Waals surface area contributed by atoms with E-state index in [2.05, 4.69) is 5.32 Å². The quantitative estimate of drug-likeness (QED) is 0.580. The highest BCUT2D eigenvalue weighted by Crippen LogP contribution is 2.36. The van der Waals surface area contributed by atoms with Crippen LogP contribution in [-0.4, -0.2) is 64.9 Å². The van der Waals surface area contributed by atoms with Crippen molar-refractivity contribution in [2.24, 2.45) is 5.92 Å². The minimum atomic E-state index is -0.836. The fourth-order valence-electron chi connectivity index (χ4n) is 5.47. The smallest absolute Gasteiger partial charge is 0.326 e. The Labute approximate surface area is 164 Å². The predicted octanol–water partition coefficient (Wildman–Crippen LogP) is 1.58. The lowest BCUT2D eigenvalue weighted by Crippen LogP contribution is -2.51. The Hall–Kier alpha value is -2.12. The van der Waals surface area contributed by atoms with Gasteiger partial charge < -0.3 is 15.0 Å². The molecule has 0 bridgehead atoms. The normalized spacial score (nSPS) is 29.0. The summed E-state index contributed by atoms with van der Waals surface area (Å²) in [6, 6.07) is -0.280. The van der Waals surface area contributed by atoms with Gasteiger partial charge in [-0.3, -0.25) is 19.3 Å². The van der Waals surface area contributed by atoms with E-state index in [0.717, 1.165) is 37.0 Å². The van der Waals surface area contributed by atoms with Crippen LogP contribution in [0.15, 0.2) is 0 Å². The molecule has 2 heterocycles. The molecule has 1 N–H and O–H groups in total. The topological polar surface area (TPSA) is 96.0 Å². The van der Waals surface area contributed by atoms with Crippen LogP contribution in [-0.2, 0) is 19.1 Å². The number of hydrogen-bond acceptors (Lipinski definition) is 5. The van der Waals surface area contributed by atoms with E-state index in [4.69, 9.17) is 4.74 Å². The number of ether oxygens (including phenoxy) is 1. The predicted molar refractivity (Wildman–Crippen MR) is 99.1 cm³/mol. The van der Waals surface area contributed by atoms with Crippen LogP contribution in [0.1, 0.15) is 64.2 Å². The van der Waals surface area contributed by atoms with Crippen molar-refractivity contribution in [3.63, 3.8) is 0 Å². The van der Waals surface area contributed by atoms with Crippen molar-refractivity contribution in [3.05, 3.63) is 0 Å². The van der Waals surface area contributed by atoms with E-state index < -0.39 is 24.1 Å². The van der Waals surface area contributed by atoms with Crippen molar-refractivity contribution in [1.82, 2.24) is 15.1 Å². The van der Waals surface area contributed by atoms with Gasteiger partial charge >= 0.3 is 12.0 Å².